The van der Waals surface area contributed by atoms with Gasteiger partial charge in [0.15, 0.2) is 17.3 Å². The van der Waals surface area contributed by atoms with Gasteiger partial charge in [-0.15, -0.1) is 5.10 Å². The maximum absolute atomic E-state index is 14.4. The van der Waals surface area contributed by atoms with Crippen molar-refractivity contribution in [1.29, 1.82) is 0 Å². The summed E-state index contributed by atoms with van der Waals surface area (Å²) in [7, 11) is 1.43. The van der Waals surface area contributed by atoms with Crippen LogP contribution < -0.4 is 15.6 Å². The molecule has 1 aromatic carbocycles. The molecule has 2 amide bonds. The number of ether oxygens (including phenoxy) is 3. The number of nitrogens with zero attached hydrogens (tertiary/aromatic N) is 7. The molecule has 278 valence electrons. The van der Waals surface area contributed by atoms with Crippen molar-refractivity contribution in [1.82, 2.24) is 34.0 Å². The van der Waals surface area contributed by atoms with Gasteiger partial charge < -0.3 is 29.0 Å². The topological polar surface area (TPSA) is 155 Å². The lowest BCUT2D eigenvalue weighted by Crippen LogP contribution is -2.47. The molecular formula is C35H34ClF3N8O6. The molecule has 3 aromatic heterocycles. The quantitative estimate of drug-likeness (QED) is 0.271. The summed E-state index contributed by atoms with van der Waals surface area (Å²) in [5, 5.41) is 6.86. The number of hydrogen-bond donors (Lipinski definition) is 1. The minimum absolute atomic E-state index is 0.0265. The summed E-state index contributed by atoms with van der Waals surface area (Å²) < 4.78 is 59.9. The van der Waals surface area contributed by atoms with Crippen molar-refractivity contribution in [2.45, 2.75) is 57.5 Å². The summed E-state index contributed by atoms with van der Waals surface area (Å²) in [5.41, 5.74) is -0.0529. The maximum Gasteiger partial charge on any atom is 0.416 e. The van der Waals surface area contributed by atoms with Crippen LogP contribution in [0.25, 0.3) is 16.9 Å². The lowest BCUT2D eigenvalue weighted by Gasteiger charge is -2.39. The number of methoxy groups -OCH3 is 1. The maximum atomic E-state index is 14.4. The summed E-state index contributed by atoms with van der Waals surface area (Å²) in [6.45, 7) is 8.18. The number of alkyl halides is 3. The Balaban J connectivity index is 1.25. The molecule has 6 heterocycles. The fraction of sp³-hybridized carbons (Fsp3) is 0.400. The van der Waals surface area contributed by atoms with E-state index >= 15 is 0 Å². The number of nitrogens with one attached hydrogen (secondary N) is 1. The standard InChI is InChI=1S/C35H34ClF3N8O6/c1-18(2)26-29(51-4)27(41-17-40-26)32(50)45-11-9-34(10-12-45)25-28(19(3)53-34)46(16-24(48)42-23-6-5-21(15-22(23)36)35(37,38)39)33-43-30(44-47(33)31(25)49)20-7-13-52-14-8-20/h5-7,15,17,19H,1,8-14,16H2,2-4H3,(H,42,48)/t19-/m1/s1. The molecule has 1 N–H and O–H groups in total. The van der Waals surface area contributed by atoms with Crippen LogP contribution in [0, 0.1) is 0 Å². The zero-order valence-electron chi connectivity index (χ0n) is 28.9. The van der Waals surface area contributed by atoms with Crippen molar-refractivity contribution in [3.8, 4) is 5.75 Å². The van der Waals surface area contributed by atoms with Crippen LogP contribution in [-0.2, 0) is 32.6 Å². The number of carbonyl (C=O) groups is 2. The molecule has 1 spiro atoms. The average molecular weight is 755 g/mol. The molecule has 1 saturated heterocycles. The summed E-state index contributed by atoms with van der Waals surface area (Å²) in [6.07, 6.45) is -1.24. The van der Waals surface area contributed by atoms with E-state index < -0.39 is 41.5 Å². The smallest absolute Gasteiger partial charge is 0.416 e. The molecular weight excluding hydrogens is 721 g/mol. The molecule has 53 heavy (non-hydrogen) atoms. The number of amides is 2. The lowest BCUT2D eigenvalue weighted by molar-refractivity contribution is -0.137. The molecule has 4 aromatic rings. The second kappa shape index (κ2) is 13.7. The van der Waals surface area contributed by atoms with Gasteiger partial charge in [-0.3, -0.25) is 14.4 Å². The number of halogens is 4. The van der Waals surface area contributed by atoms with E-state index in [-0.39, 0.29) is 65.3 Å². The Kier molecular flexibility index (Phi) is 9.36. The fourth-order valence-electron chi connectivity index (χ4n) is 7.14. The number of likely N-dealkylation sites (tertiary alicyclic amines) is 1. The minimum Gasteiger partial charge on any atom is -0.492 e. The highest BCUT2D eigenvalue weighted by molar-refractivity contribution is 6.33. The van der Waals surface area contributed by atoms with E-state index in [9.17, 15) is 27.6 Å². The van der Waals surface area contributed by atoms with Crippen molar-refractivity contribution < 1.29 is 37.0 Å². The first-order valence-corrected chi connectivity index (χ1v) is 17.1. The van der Waals surface area contributed by atoms with Crippen LogP contribution in [0.1, 0.15) is 78.0 Å². The largest absolute Gasteiger partial charge is 0.492 e. The van der Waals surface area contributed by atoms with Crippen molar-refractivity contribution in [2.24, 2.45) is 0 Å². The number of aromatic nitrogens is 6. The zero-order valence-corrected chi connectivity index (χ0v) is 29.7. The van der Waals surface area contributed by atoms with Gasteiger partial charge in [0.25, 0.3) is 11.5 Å². The van der Waals surface area contributed by atoms with Gasteiger partial charge in [0.05, 0.1) is 54.0 Å². The van der Waals surface area contributed by atoms with Crippen molar-refractivity contribution >= 4 is 46.0 Å². The molecule has 18 heteroatoms. The normalized spacial score (nSPS) is 18.2. The molecule has 14 nitrogen and oxygen atoms in total. The molecule has 0 unspecified atom stereocenters. The van der Waals surface area contributed by atoms with Crippen molar-refractivity contribution in [2.75, 3.05) is 38.7 Å². The highest BCUT2D eigenvalue weighted by Crippen LogP contribution is 2.48. The number of benzene rings is 1. The predicted molar refractivity (Wildman–Crippen MR) is 185 cm³/mol. The SMILES string of the molecule is C=C(C)c1ncnc(C(=O)N2CCC3(CC2)O[C@H](C)c2c3c(=O)n3nc(C4=CCOCC4)nc3n2CC(=O)Nc2ccc(C(F)(F)F)cc2Cl)c1OC. The summed E-state index contributed by atoms with van der Waals surface area (Å²) >= 11 is 6.14. The highest BCUT2D eigenvalue weighted by atomic mass is 35.5. The van der Waals surface area contributed by atoms with E-state index in [0.29, 0.717) is 42.4 Å². The van der Waals surface area contributed by atoms with Gasteiger partial charge in [0.2, 0.25) is 11.7 Å². The van der Waals surface area contributed by atoms with E-state index in [1.165, 1.54) is 13.4 Å². The highest BCUT2D eigenvalue weighted by Gasteiger charge is 2.51. The molecule has 1 fully saturated rings. The Morgan fingerprint density at radius 3 is 2.57 bits per heavy atom. The monoisotopic (exact) mass is 754 g/mol. The number of rotatable bonds is 7. The number of anilines is 1. The van der Waals surface area contributed by atoms with E-state index in [4.69, 9.17) is 25.8 Å². The summed E-state index contributed by atoms with van der Waals surface area (Å²) in [4.78, 5) is 56.5. The third-order valence-electron chi connectivity index (χ3n) is 9.62. The van der Waals surface area contributed by atoms with E-state index in [2.05, 4.69) is 31.9 Å². The van der Waals surface area contributed by atoms with Crippen molar-refractivity contribution in [3.63, 3.8) is 0 Å². The second-order valence-electron chi connectivity index (χ2n) is 13.0. The van der Waals surface area contributed by atoms with Crippen LogP contribution in [0.5, 0.6) is 5.75 Å². The summed E-state index contributed by atoms with van der Waals surface area (Å²) in [5.74, 6) is -0.441. The van der Waals surface area contributed by atoms with Crippen LogP contribution in [0.2, 0.25) is 5.02 Å². The number of allylic oxidation sites excluding steroid dienone is 1. The number of piperidine rings is 1. The molecule has 0 radical (unpaired) electrons. The molecule has 0 bridgehead atoms. The minimum atomic E-state index is -4.62. The fourth-order valence-corrected chi connectivity index (χ4v) is 7.37. The number of hydrogen-bond acceptors (Lipinski definition) is 10. The molecule has 3 aliphatic rings. The van der Waals surface area contributed by atoms with Crippen LogP contribution in [0.15, 0.2) is 42.0 Å². The average Bonchev–Trinajstić information content (AvgIpc) is 3.70. The number of fused-ring (bicyclic) bond motifs is 3. The van der Waals surface area contributed by atoms with Crippen molar-refractivity contribution in [3.05, 3.63) is 86.6 Å². The van der Waals surface area contributed by atoms with Crippen LogP contribution in [0.3, 0.4) is 0 Å². The molecule has 0 aliphatic carbocycles. The second-order valence-corrected chi connectivity index (χ2v) is 13.4. The Morgan fingerprint density at radius 2 is 1.92 bits per heavy atom. The first-order chi connectivity index (χ1) is 25.2. The van der Waals surface area contributed by atoms with Crippen LogP contribution in [0.4, 0.5) is 18.9 Å². The predicted octanol–water partition coefficient (Wildman–Crippen LogP) is 5.06. The lowest BCUT2D eigenvalue weighted by atomic mass is 9.85. The van der Waals surface area contributed by atoms with Gasteiger partial charge in [-0.2, -0.15) is 22.7 Å². The summed E-state index contributed by atoms with van der Waals surface area (Å²) in [6, 6.07) is 2.63. The zero-order chi connectivity index (χ0) is 37.8. The first-order valence-electron chi connectivity index (χ1n) is 16.7. The van der Waals surface area contributed by atoms with Gasteiger partial charge >= 0.3 is 6.18 Å². The first kappa shape index (κ1) is 36.2. The Bertz CT molecular complexity index is 2260. The van der Waals surface area contributed by atoms with Gasteiger partial charge in [0.1, 0.15) is 24.2 Å². The van der Waals surface area contributed by atoms with E-state index in [0.717, 1.165) is 28.3 Å². The van der Waals surface area contributed by atoms with E-state index in [1.807, 2.05) is 6.08 Å². The third-order valence-corrected chi connectivity index (χ3v) is 9.94. The van der Waals surface area contributed by atoms with Crippen LogP contribution >= 0.6 is 11.6 Å². The van der Waals surface area contributed by atoms with E-state index in [1.54, 1.807) is 23.3 Å². The molecule has 3 aliphatic heterocycles. The van der Waals surface area contributed by atoms with Crippen LogP contribution in [-0.4, -0.2) is 79.3 Å². The number of carbonyl (C=O) groups excluding carboxylic acids is 2. The Hall–Kier alpha value is -5.13. The molecule has 1 atom stereocenters. The van der Waals surface area contributed by atoms with Gasteiger partial charge in [0, 0.05) is 13.1 Å². The van der Waals surface area contributed by atoms with Gasteiger partial charge in [-0.1, -0.05) is 24.3 Å². The van der Waals surface area contributed by atoms with Gasteiger partial charge in [-0.25, -0.2) is 9.97 Å². The Morgan fingerprint density at radius 1 is 1.19 bits per heavy atom. The third kappa shape index (κ3) is 6.46. The Labute approximate surface area is 305 Å². The molecule has 7 rings (SSSR count). The molecule has 0 saturated carbocycles. The van der Waals surface area contributed by atoms with Gasteiger partial charge in [-0.05, 0) is 62.5 Å².